The summed E-state index contributed by atoms with van der Waals surface area (Å²) in [6, 6.07) is 16.4. The average molecular weight is 424 g/mol. The molecule has 0 atom stereocenters. The molecule has 0 aliphatic rings. The van der Waals surface area contributed by atoms with Crippen LogP contribution >= 0.6 is 0 Å². The molecule has 0 saturated heterocycles. The normalized spacial score (nSPS) is 10.6. The molecule has 0 saturated carbocycles. The lowest BCUT2D eigenvalue weighted by molar-refractivity contribution is 0.0494. The number of esters is 1. The van der Waals surface area contributed by atoms with Crippen molar-refractivity contribution < 1.29 is 14.3 Å². The molecule has 0 unspecified atom stereocenters. The molecule has 0 aromatic heterocycles. The highest BCUT2D eigenvalue weighted by Crippen LogP contribution is 2.20. The van der Waals surface area contributed by atoms with Gasteiger partial charge in [-0.15, -0.1) is 0 Å². The molecule has 4 nitrogen and oxygen atoms in total. The molecule has 2 aromatic carbocycles. The minimum absolute atomic E-state index is 0.190. The van der Waals surface area contributed by atoms with Crippen LogP contribution in [0.25, 0.3) is 0 Å². The Morgan fingerprint density at radius 2 is 1.26 bits per heavy atom. The molecule has 31 heavy (non-hydrogen) atoms. The van der Waals surface area contributed by atoms with Crippen molar-refractivity contribution in [2.75, 3.05) is 18.1 Å². The van der Waals surface area contributed by atoms with Gasteiger partial charge in [-0.25, -0.2) is 4.79 Å². The van der Waals surface area contributed by atoms with E-state index in [0.29, 0.717) is 24.3 Å². The van der Waals surface area contributed by atoms with Crippen molar-refractivity contribution in [2.24, 2.45) is 0 Å². The summed E-state index contributed by atoms with van der Waals surface area (Å²) >= 11 is 0. The van der Waals surface area contributed by atoms with Gasteiger partial charge in [0.2, 0.25) is 0 Å². The zero-order valence-electron chi connectivity index (χ0n) is 19.1. The summed E-state index contributed by atoms with van der Waals surface area (Å²) in [7, 11) is 0. The SMILES string of the molecule is CCCCCCCCCCCOC(=O)c1ccccc1C(=O)N(CC)c1ccccc1. The predicted molar refractivity (Wildman–Crippen MR) is 128 cm³/mol. The van der Waals surface area contributed by atoms with Gasteiger partial charge in [0.25, 0.3) is 5.91 Å². The third-order valence-electron chi connectivity index (χ3n) is 5.49. The quantitative estimate of drug-likeness (QED) is 0.242. The number of rotatable bonds is 14. The van der Waals surface area contributed by atoms with Gasteiger partial charge in [-0.3, -0.25) is 4.79 Å². The standard InChI is InChI=1S/C27H37NO3/c1-3-5-6-7-8-9-10-11-17-22-31-27(30)25-21-16-15-20-24(25)26(29)28(4-2)23-18-13-12-14-19-23/h12-16,18-21H,3-11,17,22H2,1-2H3. The second-order valence-electron chi connectivity index (χ2n) is 7.89. The van der Waals surface area contributed by atoms with E-state index in [4.69, 9.17) is 4.74 Å². The first kappa shape index (κ1) is 24.6. The number of unbranched alkanes of at least 4 members (excludes halogenated alkanes) is 8. The Bertz CT molecular complexity index is 788. The number of carbonyl (C=O) groups is 2. The fourth-order valence-electron chi connectivity index (χ4n) is 3.70. The van der Waals surface area contributed by atoms with Crippen LogP contribution in [0.3, 0.4) is 0 Å². The molecule has 0 bridgehead atoms. The molecule has 0 aliphatic heterocycles. The van der Waals surface area contributed by atoms with Gasteiger partial charge in [-0.05, 0) is 37.6 Å². The first-order valence-electron chi connectivity index (χ1n) is 11.8. The van der Waals surface area contributed by atoms with E-state index in [2.05, 4.69) is 6.92 Å². The number of ether oxygens (including phenoxy) is 1. The maximum atomic E-state index is 13.2. The van der Waals surface area contributed by atoms with Gasteiger partial charge < -0.3 is 9.64 Å². The van der Waals surface area contributed by atoms with E-state index in [-0.39, 0.29) is 5.91 Å². The maximum absolute atomic E-state index is 13.2. The Hall–Kier alpha value is -2.62. The second kappa shape index (κ2) is 14.4. The van der Waals surface area contributed by atoms with Crippen LogP contribution < -0.4 is 4.90 Å². The fourth-order valence-corrected chi connectivity index (χ4v) is 3.70. The highest BCUT2D eigenvalue weighted by molar-refractivity contribution is 6.12. The number of para-hydroxylation sites is 1. The summed E-state index contributed by atoms with van der Waals surface area (Å²) in [4.78, 5) is 27.5. The molecular weight excluding hydrogens is 386 g/mol. The summed E-state index contributed by atoms with van der Waals surface area (Å²) < 4.78 is 5.49. The Balaban J connectivity index is 1.84. The van der Waals surface area contributed by atoms with E-state index in [1.807, 2.05) is 37.3 Å². The number of hydrogen-bond donors (Lipinski definition) is 0. The lowest BCUT2D eigenvalue weighted by atomic mass is 10.1. The second-order valence-corrected chi connectivity index (χ2v) is 7.89. The molecule has 1 amide bonds. The first-order chi connectivity index (χ1) is 15.2. The molecule has 4 heteroatoms. The smallest absolute Gasteiger partial charge is 0.338 e. The summed E-state index contributed by atoms with van der Waals surface area (Å²) in [6.07, 6.45) is 10.9. The van der Waals surface area contributed by atoms with Crippen LogP contribution in [0.5, 0.6) is 0 Å². The predicted octanol–water partition coefficient (Wildman–Crippen LogP) is 7.04. The molecule has 0 N–H and O–H groups in total. The zero-order valence-corrected chi connectivity index (χ0v) is 19.1. The van der Waals surface area contributed by atoms with Crippen molar-refractivity contribution in [2.45, 2.75) is 71.6 Å². The van der Waals surface area contributed by atoms with Gasteiger partial charge in [0, 0.05) is 12.2 Å². The van der Waals surface area contributed by atoms with Gasteiger partial charge in [0.15, 0.2) is 0 Å². The number of benzene rings is 2. The van der Waals surface area contributed by atoms with Crippen molar-refractivity contribution in [3.63, 3.8) is 0 Å². The molecule has 0 aliphatic carbocycles. The van der Waals surface area contributed by atoms with Gasteiger partial charge in [-0.2, -0.15) is 0 Å². The Morgan fingerprint density at radius 3 is 1.87 bits per heavy atom. The number of anilines is 1. The van der Waals surface area contributed by atoms with Crippen molar-refractivity contribution in [3.8, 4) is 0 Å². The zero-order chi connectivity index (χ0) is 22.3. The minimum Gasteiger partial charge on any atom is -0.462 e. The Kier molecular flexibility index (Phi) is 11.4. The van der Waals surface area contributed by atoms with Crippen LogP contribution in [0.1, 0.15) is 92.4 Å². The van der Waals surface area contributed by atoms with Crippen molar-refractivity contribution >= 4 is 17.6 Å². The number of amides is 1. The third-order valence-corrected chi connectivity index (χ3v) is 5.49. The monoisotopic (exact) mass is 423 g/mol. The van der Waals surface area contributed by atoms with Gasteiger partial charge in [0.1, 0.15) is 0 Å². The van der Waals surface area contributed by atoms with E-state index < -0.39 is 5.97 Å². The molecule has 2 aromatic rings. The van der Waals surface area contributed by atoms with E-state index in [9.17, 15) is 9.59 Å². The highest BCUT2D eigenvalue weighted by Gasteiger charge is 2.22. The fraction of sp³-hybridized carbons (Fsp3) is 0.481. The van der Waals surface area contributed by atoms with Crippen LogP contribution in [-0.2, 0) is 4.74 Å². The van der Waals surface area contributed by atoms with Crippen LogP contribution in [0.15, 0.2) is 54.6 Å². The number of hydrogen-bond acceptors (Lipinski definition) is 3. The Labute approximate surface area is 187 Å². The summed E-state index contributed by atoms with van der Waals surface area (Å²) in [5.74, 6) is -0.614. The molecular formula is C27H37NO3. The van der Waals surface area contributed by atoms with Crippen molar-refractivity contribution in [1.29, 1.82) is 0 Å². The molecule has 0 radical (unpaired) electrons. The average Bonchev–Trinajstić information content (AvgIpc) is 2.81. The summed E-state index contributed by atoms with van der Waals surface area (Å²) in [6.45, 7) is 5.08. The highest BCUT2D eigenvalue weighted by atomic mass is 16.5. The van der Waals surface area contributed by atoms with Crippen LogP contribution in [-0.4, -0.2) is 25.0 Å². The number of carbonyl (C=O) groups excluding carboxylic acids is 2. The van der Waals surface area contributed by atoms with E-state index in [0.717, 1.165) is 18.5 Å². The number of nitrogens with zero attached hydrogens (tertiary/aromatic N) is 1. The van der Waals surface area contributed by atoms with E-state index in [1.54, 1.807) is 29.2 Å². The first-order valence-corrected chi connectivity index (χ1v) is 11.8. The molecule has 0 spiro atoms. The maximum Gasteiger partial charge on any atom is 0.338 e. The van der Waals surface area contributed by atoms with Crippen LogP contribution in [0.4, 0.5) is 5.69 Å². The van der Waals surface area contributed by atoms with E-state index in [1.165, 1.54) is 44.9 Å². The summed E-state index contributed by atoms with van der Waals surface area (Å²) in [5.41, 5.74) is 1.52. The van der Waals surface area contributed by atoms with Crippen molar-refractivity contribution in [3.05, 3.63) is 65.7 Å². The van der Waals surface area contributed by atoms with E-state index >= 15 is 0 Å². The molecule has 168 valence electrons. The lowest BCUT2D eigenvalue weighted by Gasteiger charge is -2.22. The van der Waals surface area contributed by atoms with Crippen LogP contribution in [0.2, 0.25) is 0 Å². The topological polar surface area (TPSA) is 46.6 Å². The Morgan fingerprint density at radius 1 is 0.710 bits per heavy atom. The largest absolute Gasteiger partial charge is 0.462 e. The van der Waals surface area contributed by atoms with Gasteiger partial charge >= 0.3 is 5.97 Å². The molecule has 0 fully saturated rings. The molecule has 2 rings (SSSR count). The minimum atomic E-state index is -0.423. The molecule has 0 heterocycles. The van der Waals surface area contributed by atoms with Crippen LogP contribution in [0, 0.1) is 0 Å². The van der Waals surface area contributed by atoms with Crippen molar-refractivity contribution in [1.82, 2.24) is 0 Å². The third kappa shape index (κ3) is 8.20. The van der Waals surface area contributed by atoms with Gasteiger partial charge in [-0.1, -0.05) is 88.6 Å². The van der Waals surface area contributed by atoms with Gasteiger partial charge in [0.05, 0.1) is 17.7 Å². The lowest BCUT2D eigenvalue weighted by Crippen LogP contribution is -2.32. The summed E-state index contributed by atoms with van der Waals surface area (Å²) in [5, 5.41) is 0.